The van der Waals surface area contributed by atoms with Crippen LogP contribution in [0, 0.1) is 0 Å². The second-order valence-corrected chi connectivity index (χ2v) is 2.77. The van der Waals surface area contributed by atoms with Crippen molar-refractivity contribution in [1.82, 2.24) is 4.98 Å². The van der Waals surface area contributed by atoms with Gasteiger partial charge in [0.15, 0.2) is 0 Å². The number of carboxylic acids is 1. The summed E-state index contributed by atoms with van der Waals surface area (Å²) in [5.41, 5.74) is -1.54. The predicted molar refractivity (Wildman–Crippen MR) is 42.2 cm³/mol. The van der Waals surface area contributed by atoms with Crippen LogP contribution >= 0.6 is 0 Å². The standard InChI is InChI=1S/C8H6F3NO3/c9-8(10,11)6-1-4(2-7(14)15)5(13)3-12-6/h1,3,13H,2H2,(H,14,15). The first-order chi connectivity index (χ1) is 6.80. The van der Waals surface area contributed by atoms with Crippen LogP contribution in [0.1, 0.15) is 11.3 Å². The van der Waals surface area contributed by atoms with E-state index in [-0.39, 0.29) is 5.56 Å². The minimum absolute atomic E-state index is 0.315. The number of carboxylic acid groups (broad SMARTS) is 1. The molecule has 0 aromatic carbocycles. The summed E-state index contributed by atoms with van der Waals surface area (Å²) in [5, 5.41) is 17.4. The highest BCUT2D eigenvalue weighted by atomic mass is 19.4. The summed E-state index contributed by atoms with van der Waals surface area (Å²) in [4.78, 5) is 13.2. The zero-order valence-corrected chi connectivity index (χ0v) is 7.25. The molecule has 7 heteroatoms. The summed E-state index contributed by atoms with van der Waals surface area (Å²) in [6.07, 6.45) is -4.75. The number of aliphatic carboxylic acids is 1. The van der Waals surface area contributed by atoms with Gasteiger partial charge in [-0.1, -0.05) is 0 Å². The van der Waals surface area contributed by atoms with Crippen LogP contribution in [-0.4, -0.2) is 21.2 Å². The summed E-state index contributed by atoms with van der Waals surface area (Å²) in [5.74, 6) is -1.89. The monoisotopic (exact) mass is 221 g/mol. The highest BCUT2D eigenvalue weighted by molar-refractivity contribution is 5.71. The molecule has 82 valence electrons. The van der Waals surface area contributed by atoms with Gasteiger partial charge in [-0.3, -0.25) is 4.79 Å². The Labute approximate surface area is 82.0 Å². The second kappa shape index (κ2) is 3.76. The smallest absolute Gasteiger partial charge is 0.433 e. The number of rotatable bonds is 2. The Morgan fingerprint density at radius 2 is 2.07 bits per heavy atom. The van der Waals surface area contributed by atoms with Crippen molar-refractivity contribution in [3.05, 3.63) is 23.5 Å². The van der Waals surface area contributed by atoms with Gasteiger partial charge in [-0.15, -0.1) is 0 Å². The molecule has 0 aliphatic carbocycles. The van der Waals surface area contributed by atoms with E-state index in [1.165, 1.54) is 0 Å². The molecule has 0 spiro atoms. The van der Waals surface area contributed by atoms with Crippen molar-refractivity contribution in [3.63, 3.8) is 0 Å². The Morgan fingerprint density at radius 1 is 1.47 bits per heavy atom. The average Bonchev–Trinajstić information content (AvgIpc) is 2.06. The summed E-state index contributed by atoms with van der Waals surface area (Å²) in [7, 11) is 0. The van der Waals surface area contributed by atoms with Crippen LogP contribution < -0.4 is 0 Å². The first-order valence-electron chi connectivity index (χ1n) is 3.77. The Hall–Kier alpha value is -1.79. The maximum Gasteiger partial charge on any atom is 0.433 e. The van der Waals surface area contributed by atoms with Crippen LogP contribution in [-0.2, 0) is 17.4 Å². The van der Waals surface area contributed by atoms with E-state index in [0.717, 1.165) is 0 Å². The lowest BCUT2D eigenvalue weighted by Crippen LogP contribution is -2.09. The molecular weight excluding hydrogens is 215 g/mol. The lowest BCUT2D eigenvalue weighted by Gasteiger charge is -2.07. The Morgan fingerprint density at radius 3 is 2.53 bits per heavy atom. The quantitative estimate of drug-likeness (QED) is 0.792. The second-order valence-electron chi connectivity index (χ2n) is 2.77. The Balaban J connectivity index is 3.11. The summed E-state index contributed by atoms with van der Waals surface area (Å²) in [6.45, 7) is 0. The fourth-order valence-corrected chi connectivity index (χ4v) is 0.949. The molecule has 1 heterocycles. The first kappa shape index (κ1) is 11.3. The fraction of sp³-hybridized carbons (Fsp3) is 0.250. The Kier molecular flexibility index (Phi) is 2.83. The molecule has 15 heavy (non-hydrogen) atoms. The highest BCUT2D eigenvalue weighted by Crippen LogP contribution is 2.30. The zero-order valence-electron chi connectivity index (χ0n) is 7.25. The number of hydrogen-bond acceptors (Lipinski definition) is 3. The molecule has 0 aliphatic rings. The molecule has 0 fully saturated rings. The van der Waals surface area contributed by atoms with Gasteiger partial charge in [-0.05, 0) is 6.07 Å². The minimum atomic E-state index is -4.65. The topological polar surface area (TPSA) is 70.4 Å². The number of pyridine rings is 1. The van der Waals surface area contributed by atoms with Crippen LogP contribution in [0.2, 0.25) is 0 Å². The van der Waals surface area contributed by atoms with E-state index in [4.69, 9.17) is 10.2 Å². The molecule has 0 atom stereocenters. The van der Waals surface area contributed by atoms with Crippen LogP contribution in [0.3, 0.4) is 0 Å². The van der Waals surface area contributed by atoms with Gasteiger partial charge in [0.25, 0.3) is 0 Å². The highest BCUT2D eigenvalue weighted by Gasteiger charge is 2.33. The molecule has 1 rings (SSSR count). The van der Waals surface area contributed by atoms with Crippen LogP contribution in [0.25, 0.3) is 0 Å². The molecule has 0 saturated carbocycles. The maximum atomic E-state index is 12.1. The predicted octanol–water partition coefficient (Wildman–Crippen LogP) is 1.43. The molecule has 0 amide bonds. The van der Waals surface area contributed by atoms with Gasteiger partial charge >= 0.3 is 12.1 Å². The summed E-state index contributed by atoms with van der Waals surface area (Å²) < 4.78 is 36.4. The van der Waals surface area contributed by atoms with E-state index < -0.39 is 30.0 Å². The van der Waals surface area contributed by atoms with Crippen LogP contribution in [0.5, 0.6) is 5.75 Å². The number of halogens is 3. The molecule has 0 radical (unpaired) electrons. The number of aromatic nitrogens is 1. The van der Waals surface area contributed by atoms with Gasteiger partial charge in [0.1, 0.15) is 11.4 Å². The first-order valence-corrected chi connectivity index (χ1v) is 3.77. The average molecular weight is 221 g/mol. The summed E-state index contributed by atoms with van der Waals surface area (Å²) >= 11 is 0. The van der Waals surface area contributed by atoms with Crippen molar-refractivity contribution in [3.8, 4) is 5.75 Å². The molecule has 0 unspecified atom stereocenters. The number of hydrogen-bond donors (Lipinski definition) is 2. The van der Waals surface area contributed by atoms with E-state index in [0.29, 0.717) is 12.3 Å². The van der Waals surface area contributed by atoms with E-state index in [1.807, 2.05) is 0 Å². The number of alkyl halides is 3. The molecule has 4 nitrogen and oxygen atoms in total. The Bertz CT molecular complexity index is 389. The van der Waals surface area contributed by atoms with Gasteiger partial charge in [0.2, 0.25) is 0 Å². The third-order valence-corrected chi connectivity index (χ3v) is 1.60. The van der Waals surface area contributed by atoms with E-state index >= 15 is 0 Å². The van der Waals surface area contributed by atoms with Gasteiger partial charge < -0.3 is 10.2 Å². The number of nitrogens with zero attached hydrogens (tertiary/aromatic N) is 1. The summed E-state index contributed by atoms with van der Waals surface area (Å²) in [6, 6.07) is 0.517. The molecule has 0 aliphatic heterocycles. The van der Waals surface area contributed by atoms with E-state index in [2.05, 4.69) is 4.98 Å². The largest absolute Gasteiger partial charge is 0.506 e. The van der Waals surface area contributed by atoms with Gasteiger partial charge in [-0.2, -0.15) is 13.2 Å². The zero-order chi connectivity index (χ0) is 11.6. The van der Waals surface area contributed by atoms with Crippen LogP contribution in [0.4, 0.5) is 13.2 Å². The van der Waals surface area contributed by atoms with Crippen molar-refractivity contribution in [2.24, 2.45) is 0 Å². The van der Waals surface area contributed by atoms with Crippen LogP contribution in [0.15, 0.2) is 12.3 Å². The van der Waals surface area contributed by atoms with Gasteiger partial charge in [-0.25, -0.2) is 4.98 Å². The van der Waals surface area contributed by atoms with Crippen molar-refractivity contribution in [2.45, 2.75) is 12.6 Å². The fourth-order valence-electron chi connectivity index (χ4n) is 0.949. The van der Waals surface area contributed by atoms with E-state index in [9.17, 15) is 18.0 Å². The number of aromatic hydroxyl groups is 1. The van der Waals surface area contributed by atoms with Gasteiger partial charge in [0, 0.05) is 5.56 Å². The SMILES string of the molecule is O=C(O)Cc1cc(C(F)(F)F)ncc1O. The molecular formula is C8H6F3NO3. The maximum absolute atomic E-state index is 12.1. The molecule has 2 N–H and O–H groups in total. The third kappa shape index (κ3) is 2.83. The molecule has 1 aromatic rings. The molecule has 0 bridgehead atoms. The number of carbonyl (C=O) groups is 1. The van der Waals surface area contributed by atoms with Crippen molar-refractivity contribution < 1.29 is 28.2 Å². The minimum Gasteiger partial charge on any atom is -0.506 e. The lowest BCUT2D eigenvalue weighted by atomic mass is 10.1. The molecule has 1 aromatic heterocycles. The third-order valence-electron chi connectivity index (χ3n) is 1.60. The van der Waals surface area contributed by atoms with Crippen molar-refractivity contribution >= 4 is 5.97 Å². The van der Waals surface area contributed by atoms with E-state index in [1.54, 1.807) is 0 Å². The van der Waals surface area contributed by atoms with Crippen molar-refractivity contribution in [2.75, 3.05) is 0 Å². The van der Waals surface area contributed by atoms with Crippen molar-refractivity contribution in [1.29, 1.82) is 0 Å². The normalized spacial score (nSPS) is 11.4. The van der Waals surface area contributed by atoms with Gasteiger partial charge in [0.05, 0.1) is 12.6 Å². The molecule has 0 saturated heterocycles. The lowest BCUT2D eigenvalue weighted by molar-refractivity contribution is -0.141.